The minimum Gasteiger partial charge on any atom is -0.469 e. The number of nitrogens with two attached hydrogens (primary N) is 1. The number of nitrogens with zero attached hydrogens (tertiary/aromatic N) is 2. The Kier molecular flexibility index (Phi) is 7.17. The van der Waals surface area contributed by atoms with Gasteiger partial charge in [-0.2, -0.15) is 0 Å². The second-order valence-corrected chi connectivity index (χ2v) is 6.41. The molecule has 0 spiro atoms. The summed E-state index contributed by atoms with van der Waals surface area (Å²) in [5.74, 6) is -0.912. The maximum Gasteiger partial charge on any atom is 0.329 e. The molecule has 0 saturated carbocycles. The number of carbonyl (C=O) groups is 2. The van der Waals surface area contributed by atoms with Crippen molar-refractivity contribution in [1.29, 1.82) is 5.41 Å². The molecule has 29 heavy (non-hydrogen) atoms. The summed E-state index contributed by atoms with van der Waals surface area (Å²) in [6, 6.07) is 11.1. The largest absolute Gasteiger partial charge is 0.469 e. The Hall–Kier alpha value is -3.13. The fourth-order valence-corrected chi connectivity index (χ4v) is 3.09. The van der Waals surface area contributed by atoms with Crippen LogP contribution in [0.4, 0.5) is 20.6 Å². The zero-order valence-corrected chi connectivity index (χ0v) is 16.7. The van der Waals surface area contributed by atoms with E-state index in [1.54, 1.807) is 41.3 Å². The number of nitrogens with one attached hydrogen (secondary N) is 1. The van der Waals surface area contributed by atoms with Gasteiger partial charge in [-0.25, -0.2) is 9.18 Å². The maximum absolute atomic E-state index is 14.6. The number of methoxy groups -OCH3 is 1. The van der Waals surface area contributed by atoms with Crippen molar-refractivity contribution < 1.29 is 18.7 Å². The molecule has 1 saturated heterocycles. The van der Waals surface area contributed by atoms with Crippen molar-refractivity contribution in [2.24, 2.45) is 5.73 Å². The Morgan fingerprint density at radius 1 is 1.17 bits per heavy atom. The lowest BCUT2D eigenvalue weighted by Crippen LogP contribution is -2.32. The average Bonchev–Trinajstić information content (AvgIpc) is 3.07. The lowest BCUT2D eigenvalue weighted by molar-refractivity contribution is -0.140. The molecule has 0 aliphatic carbocycles. The average molecular weight is 421 g/mol. The number of urea groups is 1. The molecule has 0 aromatic heterocycles. The van der Waals surface area contributed by atoms with E-state index < -0.39 is 5.82 Å². The Morgan fingerprint density at radius 2 is 1.83 bits per heavy atom. The normalized spacial score (nSPS) is 13.2. The van der Waals surface area contributed by atoms with E-state index in [1.165, 1.54) is 18.1 Å². The van der Waals surface area contributed by atoms with Crippen LogP contribution < -0.4 is 15.5 Å². The van der Waals surface area contributed by atoms with E-state index in [4.69, 9.17) is 11.1 Å². The summed E-state index contributed by atoms with van der Waals surface area (Å²) in [4.78, 5) is 26.9. The summed E-state index contributed by atoms with van der Waals surface area (Å²) >= 11 is 0. The third-order valence-electron chi connectivity index (χ3n) is 4.65. The number of anilines is 2. The fourth-order valence-electron chi connectivity index (χ4n) is 3.09. The molecule has 1 fully saturated rings. The molecule has 2 aromatic rings. The van der Waals surface area contributed by atoms with Gasteiger partial charge in [0, 0.05) is 30.8 Å². The van der Waals surface area contributed by atoms with Gasteiger partial charge in [-0.1, -0.05) is 6.07 Å². The predicted octanol–water partition coefficient (Wildman–Crippen LogP) is 3.08. The van der Waals surface area contributed by atoms with Crippen LogP contribution in [0.3, 0.4) is 0 Å². The van der Waals surface area contributed by atoms with Gasteiger partial charge in [0.25, 0.3) is 0 Å². The molecule has 2 amide bonds. The minimum absolute atomic E-state index is 0. The first-order valence-corrected chi connectivity index (χ1v) is 8.79. The number of hydrogen-bond donors (Lipinski definition) is 2. The number of ether oxygens (including phenoxy) is 1. The molecule has 1 aliphatic heterocycles. The fraction of sp³-hybridized carbons (Fsp3) is 0.250. The monoisotopic (exact) mass is 420 g/mol. The first-order chi connectivity index (χ1) is 13.4. The predicted molar refractivity (Wildman–Crippen MR) is 112 cm³/mol. The topological polar surface area (TPSA) is 99.7 Å². The van der Waals surface area contributed by atoms with Gasteiger partial charge in [-0.3, -0.25) is 20.0 Å². The zero-order chi connectivity index (χ0) is 20.3. The number of amidine groups is 1. The molecule has 1 aliphatic rings. The van der Waals surface area contributed by atoms with Crippen molar-refractivity contribution in [3.63, 3.8) is 0 Å². The SMILES string of the molecule is COC(=O)CCc1ccc(N2CCN(c3ccc(C(=N)N)cc3)C2=O)c(F)c1.Cl. The van der Waals surface area contributed by atoms with Gasteiger partial charge in [0.2, 0.25) is 0 Å². The van der Waals surface area contributed by atoms with E-state index in [9.17, 15) is 14.0 Å². The second-order valence-electron chi connectivity index (χ2n) is 6.41. The molecular formula is C20H22ClFN4O3. The van der Waals surface area contributed by atoms with Crippen LogP contribution in [0.25, 0.3) is 0 Å². The van der Waals surface area contributed by atoms with Crippen molar-refractivity contribution >= 4 is 41.6 Å². The standard InChI is InChI=1S/C20H21FN4O3.ClH/c1-28-18(26)9-3-13-2-8-17(16(21)12-13)25-11-10-24(20(25)27)15-6-4-14(5-7-15)19(22)23;/h2,4-8,12H,3,9-11H2,1H3,(H3,22,23);1H. The minimum atomic E-state index is -0.510. The van der Waals surface area contributed by atoms with Crippen LogP contribution in [0.15, 0.2) is 42.5 Å². The molecule has 3 N–H and O–H groups in total. The smallest absolute Gasteiger partial charge is 0.329 e. The Morgan fingerprint density at radius 3 is 2.41 bits per heavy atom. The van der Waals surface area contributed by atoms with E-state index >= 15 is 0 Å². The van der Waals surface area contributed by atoms with Gasteiger partial charge in [-0.15, -0.1) is 12.4 Å². The second kappa shape index (κ2) is 9.38. The number of aryl methyl sites for hydroxylation is 1. The van der Waals surface area contributed by atoms with Crippen LogP contribution in [0.2, 0.25) is 0 Å². The summed E-state index contributed by atoms with van der Waals surface area (Å²) in [5.41, 5.74) is 7.54. The third-order valence-corrected chi connectivity index (χ3v) is 4.65. The summed E-state index contributed by atoms with van der Waals surface area (Å²) < 4.78 is 19.2. The van der Waals surface area contributed by atoms with Gasteiger partial charge < -0.3 is 10.5 Å². The van der Waals surface area contributed by atoms with Crippen molar-refractivity contribution in [2.45, 2.75) is 12.8 Å². The molecule has 9 heteroatoms. The number of halogens is 2. The Bertz CT molecular complexity index is 920. The molecule has 0 radical (unpaired) electrons. The van der Waals surface area contributed by atoms with E-state index in [-0.39, 0.29) is 42.4 Å². The highest BCUT2D eigenvalue weighted by atomic mass is 35.5. The number of rotatable bonds is 6. The highest BCUT2D eigenvalue weighted by Gasteiger charge is 2.32. The van der Waals surface area contributed by atoms with Crippen molar-refractivity contribution in [3.8, 4) is 0 Å². The molecule has 3 rings (SSSR count). The van der Waals surface area contributed by atoms with E-state index in [2.05, 4.69) is 4.74 Å². The molecule has 1 heterocycles. The van der Waals surface area contributed by atoms with Gasteiger partial charge in [-0.05, 0) is 48.4 Å². The highest BCUT2D eigenvalue weighted by molar-refractivity contribution is 6.06. The van der Waals surface area contributed by atoms with Crippen LogP contribution in [0.1, 0.15) is 17.5 Å². The van der Waals surface area contributed by atoms with Crippen molar-refractivity contribution in [1.82, 2.24) is 0 Å². The lowest BCUT2D eigenvalue weighted by Gasteiger charge is -2.20. The van der Waals surface area contributed by atoms with E-state index in [0.29, 0.717) is 36.3 Å². The highest BCUT2D eigenvalue weighted by Crippen LogP contribution is 2.28. The summed E-state index contributed by atoms with van der Waals surface area (Å²) in [7, 11) is 1.31. The molecule has 2 aromatic carbocycles. The summed E-state index contributed by atoms with van der Waals surface area (Å²) in [6.07, 6.45) is 0.536. The number of nitrogen functional groups attached to an aromatic ring is 1. The maximum atomic E-state index is 14.6. The van der Waals surface area contributed by atoms with Crippen molar-refractivity contribution in [3.05, 3.63) is 59.4 Å². The van der Waals surface area contributed by atoms with Crippen LogP contribution in [0.5, 0.6) is 0 Å². The van der Waals surface area contributed by atoms with Gasteiger partial charge in [0.1, 0.15) is 11.7 Å². The van der Waals surface area contributed by atoms with Gasteiger partial charge in [0.15, 0.2) is 0 Å². The molecular weight excluding hydrogens is 399 g/mol. The quantitative estimate of drug-likeness (QED) is 0.426. The lowest BCUT2D eigenvalue weighted by atomic mass is 10.1. The summed E-state index contributed by atoms with van der Waals surface area (Å²) in [6.45, 7) is 0.771. The van der Waals surface area contributed by atoms with Gasteiger partial charge >= 0.3 is 12.0 Å². The van der Waals surface area contributed by atoms with Crippen LogP contribution in [-0.4, -0.2) is 38.0 Å². The Labute approximate surface area is 174 Å². The summed E-state index contributed by atoms with van der Waals surface area (Å²) in [5, 5.41) is 7.43. The number of carbonyl (C=O) groups excluding carboxylic acids is 2. The Balaban J connectivity index is 0.00000300. The zero-order valence-electron chi connectivity index (χ0n) is 15.9. The van der Waals surface area contributed by atoms with Crippen LogP contribution in [-0.2, 0) is 16.0 Å². The number of esters is 1. The van der Waals surface area contributed by atoms with Crippen LogP contribution >= 0.6 is 12.4 Å². The molecule has 0 unspecified atom stereocenters. The molecule has 154 valence electrons. The third kappa shape index (κ3) is 4.83. The van der Waals surface area contributed by atoms with Crippen molar-refractivity contribution in [2.75, 3.05) is 30.0 Å². The number of hydrogen-bond acceptors (Lipinski definition) is 4. The number of benzene rings is 2. The van der Waals surface area contributed by atoms with Gasteiger partial charge in [0.05, 0.1) is 12.8 Å². The van der Waals surface area contributed by atoms with E-state index in [1.807, 2.05) is 0 Å². The first-order valence-electron chi connectivity index (χ1n) is 8.79. The van der Waals surface area contributed by atoms with Crippen LogP contribution in [0, 0.1) is 11.2 Å². The molecule has 0 atom stereocenters. The van der Waals surface area contributed by atoms with E-state index in [0.717, 1.165) is 0 Å². The molecule has 7 nitrogen and oxygen atoms in total. The number of amides is 2. The molecule has 0 bridgehead atoms. The first kappa shape index (κ1) is 22.2.